The van der Waals surface area contributed by atoms with Gasteiger partial charge in [-0.15, -0.1) is 0 Å². The van der Waals surface area contributed by atoms with Gasteiger partial charge in [0.05, 0.1) is 12.7 Å². The van der Waals surface area contributed by atoms with Crippen LogP contribution in [0.3, 0.4) is 0 Å². The number of unbranched alkanes of at least 4 members (excludes halogenated alkanes) is 3. The number of rotatable bonds is 11. The topological polar surface area (TPSA) is 30.5 Å². The predicted molar refractivity (Wildman–Crippen MR) is 64.3 cm³/mol. The molecule has 15 heavy (non-hydrogen) atoms. The fourth-order valence-corrected chi connectivity index (χ4v) is 1.37. The highest BCUT2D eigenvalue weighted by Crippen LogP contribution is 2.01. The fourth-order valence-electron chi connectivity index (χ4n) is 1.37. The van der Waals surface area contributed by atoms with E-state index in [1.807, 2.05) is 14.0 Å². The molecule has 0 spiro atoms. The van der Waals surface area contributed by atoms with E-state index in [9.17, 15) is 0 Å². The lowest BCUT2D eigenvalue weighted by Gasteiger charge is -2.12. The van der Waals surface area contributed by atoms with Gasteiger partial charge in [0.1, 0.15) is 0 Å². The molecule has 3 nitrogen and oxygen atoms in total. The monoisotopic (exact) mass is 217 g/mol. The first-order valence-electron chi connectivity index (χ1n) is 6.15. The molecule has 92 valence electrons. The average molecular weight is 217 g/mol. The van der Waals surface area contributed by atoms with Gasteiger partial charge in [0.2, 0.25) is 0 Å². The molecule has 3 heteroatoms. The average Bonchev–Trinajstić information content (AvgIpc) is 2.25. The minimum atomic E-state index is 0.238. The third kappa shape index (κ3) is 11.8. The van der Waals surface area contributed by atoms with E-state index in [-0.39, 0.29) is 6.10 Å². The molecule has 0 saturated carbocycles. The molecule has 0 saturated heterocycles. The summed E-state index contributed by atoms with van der Waals surface area (Å²) in [6.45, 7) is 7.56. The molecule has 0 fully saturated rings. The van der Waals surface area contributed by atoms with E-state index < -0.39 is 0 Å². The largest absolute Gasteiger partial charge is 0.379 e. The van der Waals surface area contributed by atoms with Crippen molar-refractivity contribution in [3.8, 4) is 0 Å². The summed E-state index contributed by atoms with van der Waals surface area (Å²) in [7, 11) is 2.00. The summed E-state index contributed by atoms with van der Waals surface area (Å²) in [4.78, 5) is 0. The van der Waals surface area contributed by atoms with Gasteiger partial charge >= 0.3 is 0 Å². The molecule has 0 aliphatic rings. The zero-order chi connectivity index (χ0) is 11.4. The number of nitrogens with one attached hydrogen (secondary N) is 1. The molecule has 0 amide bonds. The molecule has 0 radical (unpaired) electrons. The molecular weight excluding hydrogens is 190 g/mol. The standard InChI is InChI=1S/C12H27NO2/c1-4-14-11-12(2)15-10-8-6-5-7-9-13-3/h12-13H,4-11H2,1-3H3. The van der Waals surface area contributed by atoms with Crippen LogP contribution >= 0.6 is 0 Å². The Kier molecular flexibility index (Phi) is 11.9. The quantitative estimate of drug-likeness (QED) is 0.538. The van der Waals surface area contributed by atoms with Gasteiger partial charge < -0.3 is 14.8 Å². The Morgan fingerprint density at radius 1 is 1.13 bits per heavy atom. The number of ether oxygens (including phenoxy) is 2. The Morgan fingerprint density at radius 3 is 2.53 bits per heavy atom. The van der Waals surface area contributed by atoms with E-state index in [0.717, 1.165) is 26.4 Å². The third-order valence-electron chi connectivity index (χ3n) is 2.28. The molecular formula is C12H27NO2. The van der Waals surface area contributed by atoms with Gasteiger partial charge in [0.25, 0.3) is 0 Å². The lowest BCUT2D eigenvalue weighted by molar-refractivity contribution is -0.00457. The maximum atomic E-state index is 5.61. The van der Waals surface area contributed by atoms with Gasteiger partial charge in [-0.25, -0.2) is 0 Å². The first kappa shape index (κ1) is 14.9. The zero-order valence-electron chi connectivity index (χ0n) is 10.6. The second-order valence-electron chi connectivity index (χ2n) is 3.86. The van der Waals surface area contributed by atoms with Gasteiger partial charge in [-0.3, -0.25) is 0 Å². The Labute approximate surface area is 94.5 Å². The Bertz CT molecular complexity index is 120. The summed E-state index contributed by atoms with van der Waals surface area (Å²) in [5.74, 6) is 0. The van der Waals surface area contributed by atoms with Crippen LogP contribution in [0.2, 0.25) is 0 Å². The third-order valence-corrected chi connectivity index (χ3v) is 2.28. The lowest BCUT2D eigenvalue weighted by atomic mass is 10.2. The van der Waals surface area contributed by atoms with Crippen LogP contribution in [-0.4, -0.2) is 39.5 Å². The summed E-state index contributed by atoms with van der Waals surface area (Å²) in [5, 5.41) is 3.15. The van der Waals surface area contributed by atoms with Crippen molar-refractivity contribution in [2.75, 3.05) is 33.4 Å². The molecule has 0 aromatic rings. The summed E-state index contributed by atoms with van der Waals surface area (Å²) >= 11 is 0. The van der Waals surface area contributed by atoms with E-state index >= 15 is 0 Å². The highest BCUT2D eigenvalue weighted by molar-refractivity contribution is 4.49. The summed E-state index contributed by atoms with van der Waals surface area (Å²) < 4.78 is 10.9. The van der Waals surface area contributed by atoms with Crippen LogP contribution in [0.4, 0.5) is 0 Å². The second kappa shape index (κ2) is 12.0. The number of hydrogen-bond acceptors (Lipinski definition) is 3. The highest BCUT2D eigenvalue weighted by Gasteiger charge is 2.00. The van der Waals surface area contributed by atoms with Crippen molar-refractivity contribution in [3.63, 3.8) is 0 Å². The number of hydrogen-bond donors (Lipinski definition) is 1. The van der Waals surface area contributed by atoms with Crippen LogP contribution in [0, 0.1) is 0 Å². The van der Waals surface area contributed by atoms with E-state index in [0.29, 0.717) is 0 Å². The molecule has 0 aliphatic carbocycles. The smallest absolute Gasteiger partial charge is 0.0780 e. The van der Waals surface area contributed by atoms with Gasteiger partial charge in [-0.2, -0.15) is 0 Å². The van der Waals surface area contributed by atoms with Crippen molar-refractivity contribution in [1.82, 2.24) is 5.32 Å². The molecule has 0 heterocycles. The van der Waals surface area contributed by atoms with Gasteiger partial charge in [-0.1, -0.05) is 12.8 Å². The molecule has 0 rings (SSSR count). The molecule has 0 aromatic carbocycles. The fraction of sp³-hybridized carbons (Fsp3) is 1.00. The van der Waals surface area contributed by atoms with E-state index in [1.165, 1.54) is 25.7 Å². The van der Waals surface area contributed by atoms with Gasteiger partial charge in [0.15, 0.2) is 0 Å². The van der Waals surface area contributed by atoms with E-state index in [2.05, 4.69) is 12.2 Å². The van der Waals surface area contributed by atoms with E-state index in [1.54, 1.807) is 0 Å². The molecule has 0 bridgehead atoms. The normalized spacial score (nSPS) is 13.0. The highest BCUT2D eigenvalue weighted by atomic mass is 16.5. The van der Waals surface area contributed by atoms with Crippen LogP contribution in [0.25, 0.3) is 0 Å². The molecule has 1 atom stereocenters. The van der Waals surface area contributed by atoms with Crippen LogP contribution in [0.5, 0.6) is 0 Å². The summed E-state index contributed by atoms with van der Waals surface area (Å²) in [6, 6.07) is 0. The second-order valence-corrected chi connectivity index (χ2v) is 3.86. The lowest BCUT2D eigenvalue weighted by Crippen LogP contribution is -2.16. The Hall–Kier alpha value is -0.120. The van der Waals surface area contributed by atoms with Crippen LogP contribution < -0.4 is 5.32 Å². The Morgan fingerprint density at radius 2 is 1.87 bits per heavy atom. The summed E-state index contributed by atoms with van der Waals surface area (Å²) in [5.41, 5.74) is 0. The van der Waals surface area contributed by atoms with Crippen LogP contribution in [0.15, 0.2) is 0 Å². The molecule has 0 aliphatic heterocycles. The minimum absolute atomic E-state index is 0.238. The van der Waals surface area contributed by atoms with Gasteiger partial charge in [0, 0.05) is 13.2 Å². The van der Waals surface area contributed by atoms with Crippen molar-refractivity contribution in [2.24, 2.45) is 0 Å². The Balaban J connectivity index is 3.02. The maximum Gasteiger partial charge on any atom is 0.0780 e. The zero-order valence-corrected chi connectivity index (χ0v) is 10.6. The maximum absolute atomic E-state index is 5.61. The molecule has 0 aromatic heterocycles. The van der Waals surface area contributed by atoms with Crippen molar-refractivity contribution in [1.29, 1.82) is 0 Å². The predicted octanol–water partition coefficient (Wildman–Crippen LogP) is 2.21. The van der Waals surface area contributed by atoms with Crippen LogP contribution in [-0.2, 0) is 9.47 Å². The van der Waals surface area contributed by atoms with Crippen molar-refractivity contribution in [3.05, 3.63) is 0 Å². The minimum Gasteiger partial charge on any atom is -0.379 e. The van der Waals surface area contributed by atoms with Crippen molar-refractivity contribution < 1.29 is 9.47 Å². The summed E-state index contributed by atoms with van der Waals surface area (Å²) in [6.07, 6.45) is 5.24. The molecule has 1 N–H and O–H groups in total. The first-order chi connectivity index (χ1) is 7.31. The first-order valence-corrected chi connectivity index (χ1v) is 6.15. The van der Waals surface area contributed by atoms with E-state index in [4.69, 9.17) is 9.47 Å². The van der Waals surface area contributed by atoms with Crippen molar-refractivity contribution in [2.45, 2.75) is 45.6 Å². The SMILES string of the molecule is CCOCC(C)OCCCCCCNC. The van der Waals surface area contributed by atoms with Gasteiger partial charge in [-0.05, 0) is 40.3 Å². The van der Waals surface area contributed by atoms with Crippen molar-refractivity contribution >= 4 is 0 Å². The van der Waals surface area contributed by atoms with Crippen LogP contribution in [0.1, 0.15) is 39.5 Å². The molecule has 1 unspecified atom stereocenters.